The first kappa shape index (κ1) is 12.1. The van der Waals surface area contributed by atoms with E-state index in [1.54, 1.807) is 6.92 Å². The molecule has 0 aromatic rings. The zero-order valence-electron chi connectivity index (χ0n) is 8.68. The van der Waals surface area contributed by atoms with Crippen LogP contribution in [0.3, 0.4) is 0 Å². The van der Waals surface area contributed by atoms with Gasteiger partial charge in [0, 0.05) is 6.42 Å². The van der Waals surface area contributed by atoms with Crippen molar-refractivity contribution in [2.75, 3.05) is 0 Å². The highest BCUT2D eigenvalue weighted by Crippen LogP contribution is 2.14. The highest BCUT2D eigenvalue weighted by atomic mass is 16.5. The number of hydrogen-bond donors (Lipinski definition) is 2. The second-order valence-corrected chi connectivity index (χ2v) is 3.93. The Hall–Kier alpha value is -0.940. The molecule has 86 valence electrons. The summed E-state index contributed by atoms with van der Waals surface area (Å²) in [5, 5.41) is 18.9. The van der Waals surface area contributed by atoms with Gasteiger partial charge in [-0.1, -0.05) is 0 Å². The number of rotatable bonds is 0. The van der Waals surface area contributed by atoms with Crippen molar-refractivity contribution in [3.8, 4) is 0 Å². The van der Waals surface area contributed by atoms with Gasteiger partial charge in [-0.3, -0.25) is 9.59 Å². The summed E-state index contributed by atoms with van der Waals surface area (Å²) in [7, 11) is 0. The topological polar surface area (TPSA) is 83.8 Å². The van der Waals surface area contributed by atoms with Gasteiger partial charge >= 0.3 is 5.97 Å². The third-order valence-corrected chi connectivity index (χ3v) is 2.42. The molecule has 1 rings (SSSR count). The Morgan fingerprint density at radius 1 is 1.20 bits per heavy atom. The molecule has 5 nitrogen and oxygen atoms in total. The summed E-state index contributed by atoms with van der Waals surface area (Å²) in [4.78, 5) is 22.3. The van der Waals surface area contributed by atoms with E-state index >= 15 is 0 Å². The van der Waals surface area contributed by atoms with Crippen molar-refractivity contribution in [2.24, 2.45) is 0 Å². The summed E-state index contributed by atoms with van der Waals surface area (Å²) in [6.45, 7) is 1.70. The lowest BCUT2D eigenvalue weighted by molar-refractivity contribution is -0.152. The predicted octanol–water partition coefficient (Wildman–Crippen LogP) is -0.217. The SMILES string of the molecule is C[C@@H]1CC[C@H](O)[C@@H](O)CC(=O)CC(=O)O1. The standard InChI is InChI=1S/C10H16O5/c1-6-2-3-8(12)9(13)4-7(11)5-10(14)15-6/h6,8-9,12-13H,2-5H2,1H3/t6-,8+,9+/m1/s1. The van der Waals surface area contributed by atoms with Gasteiger partial charge in [-0.25, -0.2) is 0 Å². The van der Waals surface area contributed by atoms with Gasteiger partial charge in [0.05, 0.1) is 18.3 Å². The van der Waals surface area contributed by atoms with Crippen LogP contribution in [0.5, 0.6) is 0 Å². The molecule has 0 amide bonds. The molecule has 0 spiro atoms. The second kappa shape index (κ2) is 5.23. The number of aliphatic hydroxyl groups excluding tert-OH is 2. The molecule has 3 atom stereocenters. The summed E-state index contributed by atoms with van der Waals surface area (Å²) in [5.74, 6) is -0.961. The maximum Gasteiger partial charge on any atom is 0.313 e. The lowest BCUT2D eigenvalue weighted by atomic mass is 10.00. The van der Waals surface area contributed by atoms with Crippen LogP contribution >= 0.6 is 0 Å². The Kier molecular flexibility index (Phi) is 4.23. The Balaban J connectivity index is 2.63. The number of carbonyl (C=O) groups is 2. The molecule has 0 unspecified atom stereocenters. The molecule has 0 aliphatic carbocycles. The van der Waals surface area contributed by atoms with Crippen LogP contribution in [-0.4, -0.2) is 40.3 Å². The third-order valence-electron chi connectivity index (χ3n) is 2.42. The van der Waals surface area contributed by atoms with Gasteiger partial charge in [-0.15, -0.1) is 0 Å². The smallest absolute Gasteiger partial charge is 0.313 e. The molecule has 15 heavy (non-hydrogen) atoms. The zero-order valence-corrected chi connectivity index (χ0v) is 8.68. The molecule has 0 aromatic carbocycles. The van der Waals surface area contributed by atoms with Crippen LogP contribution in [-0.2, 0) is 14.3 Å². The molecule has 0 bridgehead atoms. The van der Waals surface area contributed by atoms with E-state index in [-0.39, 0.29) is 18.9 Å². The maximum atomic E-state index is 11.2. The fourth-order valence-corrected chi connectivity index (χ4v) is 1.53. The lowest BCUT2D eigenvalue weighted by Crippen LogP contribution is -2.32. The Morgan fingerprint density at radius 3 is 2.53 bits per heavy atom. The molecular formula is C10H16O5. The summed E-state index contributed by atoms with van der Waals surface area (Å²) >= 11 is 0. The number of aliphatic hydroxyl groups is 2. The number of Topliss-reactive ketones (excluding diaryl/α,β-unsaturated/α-hetero) is 1. The first-order valence-electron chi connectivity index (χ1n) is 5.06. The molecule has 1 aliphatic rings. The molecule has 1 fully saturated rings. The maximum absolute atomic E-state index is 11.2. The van der Waals surface area contributed by atoms with E-state index in [0.717, 1.165) is 0 Å². The van der Waals surface area contributed by atoms with Crippen molar-refractivity contribution < 1.29 is 24.5 Å². The second-order valence-electron chi connectivity index (χ2n) is 3.93. The summed E-state index contributed by atoms with van der Waals surface area (Å²) in [6.07, 6.45) is -2.03. The molecular weight excluding hydrogens is 200 g/mol. The Labute approximate surface area is 88.0 Å². The first-order chi connectivity index (χ1) is 6.99. The van der Waals surface area contributed by atoms with E-state index in [2.05, 4.69) is 0 Å². The van der Waals surface area contributed by atoms with Crippen LogP contribution in [0, 0.1) is 0 Å². The fourth-order valence-electron chi connectivity index (χ4n) is 1.53. The monoisotopic (exact) mass is 216 g/mol. The van der Waals surface area contributed by atoms with Crippen molar-refractivity contribution >= 4 is 11.8 Å². The number of ether oxygens (including phenoxy) is 1. The van der Waals surface area contributed by atoms with Crippen molar-refractivity contribution in [1.29, 1.82) is 0 Å². The minimum atomic E-state index is -1.07. The first-order valence-corrected chi connectivity index (χ1v) is 5.06. The average molecular weight is 216 g/mol. The molecule has 0 radical (unpaired) electrons. The third kappa shape index (κ3) is 3.97. The van der Waals surface area contributed by atoms with Crippen LogP contribution in [0.4, 0.5) is 0 Å². The number of hydrogen-bond acceptors (Lipinski definition) is 5. The van der Waals surface area contributed by atoms with Crippen molar-refractivity contribution in [3.05, 3.63) is 0 Å². The van der Waals surface area contributed by atoms with Gasteiger partial charge in [0.15, 0.2) is 0 Å². The highest BCUT2D eigenvalue weighted by molar-refractivity contribution is 5.95. The van der Waals surface area contributed by atoms with Gasteiger partial charge in [-0.05, 0) is 19.8 Å². The number of carbonyl (C=O) groups excluding carboxylic acids is 2. The Bertz CT molecular complexity index is 250. The molecule has 2 N–H and O–H groups in total. The van der Waals surface area contributed by atoms with E-state index in [9.17, 15) is 19.8 Å². The van der Waals surface area contributed by atoms with E-state index in [1.165, 1.54) is 0 Å². The minimum absolute atomic E-state index is 0.190. The number of ketones is 1. The van der Waals surface area contributed by atoms with Gasteiger partial charge in [0.25, 0.3) is 0 Å². The van der Waals surface area contributed by atoms with Crippen LogP contribution in [0.15, 0.2) is 0 Å². The van der Waals surface area contributed by atoms with E-state index in [4.69, 9.17) is 4.74 Å². The van der Waals surface area contributed by atoms with Crippen molar-refractivity contribution in [1.82, 2.24) is 0 Å². The van der Waals surface area contributed by atoms with E-state index in [1.807, 2.05) is 0 Å². The van der Waals surface area contributed by atoms with Crippen molar-refractivity contribution in [3.63, 3.8) is 0 Å². The van der Waals surface area contributed by atoms with Crippen LogP contribution in [0.1, 0.15) is 32.6 Å². The quantitative estimate of drug-likeness (QED) is 0.432. The van der Waals surface area contributed by atoms with Gasteiger partial charge in [0.2, 0.25) is 0 Å². The minimum Gasteiger partial charge on any atom is -0.462 e. The van der Waals surface area contributed by atoms with Gasteiger partial charge in [0.1, 0.15) is 12.2 Å². The largest absolute Gasteiger partial charge is 0.462 e. The van der Waals surface area contributed by atoms with Gasteiger partial charge in [-0.2, -0.15) is 0 Å². The zero-order chi connectivity index (χ0) is 11.4. The van der Waals surface area contributed by atoms with Gasteiger partial charge < -0.3 is 14.9 Å². The highest BCUT2D eigenvalue weighted by Gasteiger charge is 2.25. The Morgan fingerprint density at radius 2 is 1.87 bits per heavy atom. The lowest BCUT2D eigenvalue weighted by Gasteiger charge is -2.21. The molecule has 1 saturated heterocycles. The van der Waals surface area contributed by atoms with E-state index in [0.29, 0.717) is 12.8 Å². The normalized spacial score (nSPS) is 34.7. The van der Waals surface area contributed by atoms with Crippen LogP contribution in [0.2, 0.25) is 0 Å². The number of esters is 1. The summed E-state index contributed by atoms with van der Waals surface area (Å²) < 4.78 is 4.93. The molecule has 0 saturated carbocycles. The van der Waals surface area contributed by atoms with Crippen LogP contribution < -0.4 is 0 Å². The molecule has 5 heteroatoms. The molecule has 0 aromatic heterocycles. The summed E-state index contributed by atoms with van der Waals surface area (Å²) in [6, 6.07) is 0. The predicted molar refractivity (Wildman–Crippen MR) is 51.0 cm³/mol. The van der Waals surface area contributed by atoms with Crippen molar-refractivity contribution in [2.45, 2.75) is 50.9 Å². The molecule has 1 heterocycles. The fraction of sp³-hybridized carbons (Fsp3) is 0.800. The van der Waals surface area contributed by atoms with E-state index < -0.39 is 24.0 Å². The average Bonchev–Trinajstić information content (AvgIpc) is 2.12. The number of cyclic esters (lactones) is 1. The van der Waals surface area contributed by atoms with Crippen LogP contribution in [0.25, 0.3) is 0 Å². The summed E-state index contributed by atoms with van der Waals surface area (Å²) in [5.41, 5.74) is 0. The molecule has 1 aliphatic heterocycles.